The molecule has 14 rings (SSSR count). The van der Waals surface area contributed by atoms with Gasteiger partial charge in [-0.15, -0.1) is 0 Å². The molecular formula is C80H96ClN11O25. The van der Waals surface area contributed by atoms with Crippen LogP contribution in [0.4, 0.5) is 0 Å². The first-order chi connectivity index (χ1) is 55.3. The van der Waals surface area contributed by atoms with Gasteiger partial charge in [0.05, 0.1) is 61.0 Å². The lowest BCUT2D eigenvalue weighted by Gasteiger charge is -2.48. The zero-order chi connectivity index (χ0) is 84.6. The number of carbonyl (C=O) groups excluding carboxylic acids is 8. The Kier molecular flexibility index (Phi) is 25.7. The second kappa shape index (κ2) is 35.0. The highest BCUT2D eigenvalue weighted by Gasteiger charge is 2.55. The highest BCUT2D eigenvalue weighted by molar-refractivity contribution is 6.32. The summed E-state index contributed by atoms with van der Waals surface area (Å²) in [4.78, 5) is 123. The van der Waals surface area contributed by atoms with Gasteiger partial charge < -0.3 is 139 Å². The number of likely N-dealkylation sites (N-methyl/N-ethyl adjacent to an activating group) is 1. The Hall–Kier alpha value is -10.4. The number of hydrogen-bond donors (Lipinski definition) is 20. The maximum Gasteiger partial charge on any atom is 0.332 e. The lowest BCUT2D eigenvalue weighted by Crippen LogP contribution is -2.64. The van der Waals surface area contributed by atoms with E-state index in [1.54, 1.807) is 30.3 Å². The van der Waals surface area contributed by atoms with Crippen LogP contribution in [0, 0.1) is 5.92 Å². The Morgan fingerprint density at radius 1 is 0.675 bits per heavy atom. The topological polar surface area (TPSA) is 567 Å². The van der Waals surface area contributed by atoms with Gasteiger partial charge in [-0.25, -0.2) is 0 Å². The Bertz CT molecular complexity index is 4740. The molecule has 8 heterocycles. The quantitative estimate of drug-likeness (QED) is 0.0572. The minimum atomic E-state index is -2.81. The first kappa shape index (κ1) is 86.0. The third-order valence-electron chi connectivity index (χ3n) is 21.3. The highest BCUT2D eigenvalue weighted by atomic mass is 35.5. The predicted molar refractivity (Wildman–Crippen MR) is 411 cm³/mol. The van der Waals surface area contributed by atoms with E-state index in [2.05, 4.69) is 42.5 Å². The number of aliphatic hydroxyl groups excluding tert-OH is 6. The zero-order valence-corrected chi connectivity index (χ0v) is 65.3. The monoisotopic (exact) mass is 1650 g/mol. The van der Waals surface area contributed by atoms with Crippen LogP contribution in [0.5, 0.6) is 46.0 Å². The third-order valence-corrected chi connectivity index (χ3v) is 21.6. The van der Waals surface area contributed by atoms with Crippen LogP contribution in [0.15, 0.2) is 115 Å². The average molecular weight is 1650 g/mol. The molecule has 0 spiro atoms. The predicted octanol–water partition coefficient (Wildman–Crippen LogP) is 1.27. The molecule has 6 aromatic carbocycles. The van der Waals surface area contributed by atoms with Gasteiger partial charge in [0.15, 0.2) is 24.1 Å². The van der Waals surface area contributed by atoms with E-state index in [-0.39, 0.29) is 76.1 Å². The van der Waals surface area contributed by atoms with E-state index in [1.165, 1.54) is 71.1 Å². The number of ether oxygens (including phenoxy) is 8. The molecule has 3 fully saturated rings. The number of carbonyl (C=O) groups is 8. The number of halogens is 1. The molecule has 3 saturated heterocycles. The minimum absolute atomic E-state index is 0.00590. The van der Waals surface area contributed by atoms with E-state index >= 15 is 28.8 Å². The molecule has 11 bridgehead atoms. The van der Waals surface area contributed by atoms with Crippen molar-refractivity contribution in [3.63, 3.8) is 0 Å². The van der Waals surface area contributed by atoms with E-state index in [1.807, 2.05) is 13.8 Å². The smallest absolute Gasteiger partial charge is 0.332 e. The molecule has 37 heteroatoms. The molecule has 23 N–H and O–H groups in total. The first-order valence-electron chi connectivity index (χ1n) is 37.9. The van der Waals surface area contributed by atoms with Crippen molar-refractivity contribution in [2.45, 2.75) is 207 Å². The Labute approximate surface area is 675 Å². The van der Waals surface area contributed by atoms with Crippen LogP contribution in [0.1, 0.15) is 137 Å². The van der Waals surface area contributed by atoms with Gasteiger partial charge in [0.25, 0.3) is 0 Å². The summed E-state index contributed by atoms with van der Waals surface area (Å²) in [5.41, 5.74) is 14.8. The van der Waals surface area contributed by atoms with Crippen LogP contribution >= 0.6 is 11.6 Å². The summed E-state index contributed by atoms with van der Waals surface area (Å²) >= 11 is 7.19. The number of phenolic OH excluding ortho intramolecular Hbond substituents is 3. The summed E-state index contributed by atoms with van der Waals surface area (Å²) in [5, 5.41) is 126. The maximum absolute atomic E-state index is 16.6. The Morgan fingerprint density at radius 3 is 1.94 bits per heavy atom. The molecule has 36 nitrogen and oxygen atoms in total. The summed E-state index contributed by atoms with van der Waals surface area (Å²) in [5.74, 6) is -17.2. The number of nitrogens with two attached hydrogens (primary N) is 3. The number of primary amides is 1. The molecule has 0 radical (unpaired) electrons. The van der Waals surface area contributed by atoms with Crippen LogP contribution in [0.2, 0.25) is 5.02 Å². The lowest BCUT2D eigenvalue weighted by atomic mass is 9.86. The van der Waals surface area contributed by atoms with Gasteiger partial charge in [0, 0.05) is 47.7 Å². The molecule has 2 unspecified atom stereocenters. The van der Waals surface area contributed by atoms with Crippen molar-refractivity contribution in [1.82, 2.24) is 42.5 Å². The van der Waals surface area contributed by atoms with Crippen molar-refractivity contribution < 1.29 is 122 Å². The van der Waals surface area contributed by atoms with E-state index in [0.717, 1.165) is 48.5 Å². The van der Waals surface area contributed by atoms with Gasteiger partial charge in [-0.05, 0) is 135 Å². The van der Waals surface area contributed by atoms with Crippen molar-refractivity contribution in [2.24, 2.45) is 23.1 Å². The Morgan fingerprint density at radius 2 is 1.30 bits per heavy atom. The van der Waals surface area contributed by atoms with E-state index in [9.17, 15) is 55.5 Å². The molecule has 0 aromatic heterocycles. The van der Waals surface area contributed by atoms with Gasteiger partial charge in [-0.3, -0.25) is 43.1 Å². The van der Waals surface area contributed by atoms with Crippen LogP contribution in [-0.4, -0.2) is 203 Å². The van der Waals surface area contributed by atoms with Gasteiger partial charge in [0.2, 0.25) is 53.0 Å². The van der Waals surface area contributed by atoms with Crippen molar-refractivity contribution in [2.75, 3.05) is 13.7 Å². The summed E-state index contributed by atoms with van der Waals surface area (Å²) in [6.45, 7) is 8.49. The summed E-state index contributed by atoms with van der Waals surface area (Å²) in [7, 11) is 1.48. The number of aliphatic hydroxyl groups is 6. The van der Waals surface area contributed by atoms with Crippen molar-refractivity contribution >= 4 is 58.9 Å². The van der Waals surface area contributed by atoms with Crippen molar-refractivity contribution in [1.29, 1.82) is 0 Å². The van der Waals surface area contributed by atoms with Gasteiger partial charge >= 0.3 is 5.97 Å². The fourth-order valence-corrected chi connectivity index (χ4v) is 15.4. The zero-order valence-electron chi connectivity index (χ0n) is 64.6. The molecule has 117 heavy (non-hydrogen) atoms. The van der Waals surface area contributed by atoms with Gasteiger partial charge in [-0.2, -0.15) is 0 Å². The molecule has 0 saturated carbocycles. The number of benzene rings is 6. The van der Waals surface area contributed by atoms with Crippen LogP contribution in [-0.2, 0) is 68.6 Å². The fourth-order valence-electron chi connectivity index (χ4n) is 15.1. The highest BCUT2D eigenvalue weighted by Crippen LogP contribution is 2.51. The Balaban J connectivity index is 1.13. The first-order valence-corrected chi connectivity index (χ1v) is 38.2. The molecule has 6 aromatic rings. The van der Waals surface area contributed by atoms with Crippen molar-refractivity contribution in [3.05, 3.63) is 154 Å². The number of nitrogens with one attached hydrogen (secondary N) is 8. The number of aromatic hydroxyl groups is 3. The number of fused-ring (bicyclic) bond motifs is 15. The number of hydrogen-bond acceptors (Lipinski definition) is 28. The summed E-state index contributed by atoms with van der Waals surface area (Å²) < 4.78 is 52.8. The van der Waals surface area contributed by atoms with Crippen LogP contribution in [0.3, 0.4) is 0 Å². The lowest BCUT2D eigenvalue weighted by molar-refractivity contribution is -0.442. The number of phenols is 3. The number of rotatable bonds is 17. The molecule has 628 valence electrons. The SMILES string of the molecule is CN[C@H](CC(C)C)C(=O)N[C@H]1C(=O)N[C@@H](CC(N)=O)C(=O)N[C@H]2C(=O)N[C@H]3C(=O)N[C@H](C(=O)N[C@H](C(=O)NCc4ccccc4)c4cc(O)cc(O)c4-c4cc3ccc4O)[C@H](O[C@@H]3CC(C)(N)[C@H](O)[C@@H](C)O3)c3ccc(cc3)Oc3cc2cc(c3O[C@@]2(O[C@@H]3CC(C)(N)[C@H](O)[C@@H](C)O3)C[C@@H](O)[C@H](O)[C@@H](CO)O2)Oc2ccc(cc2Cl)[C@H]1O. The minimum Gasteiger partial charge on any atom is -0.508 e. The van der Waals surface area contributed by atoms with Crippen LogP contribution < -0.4 is 73.9 Å². The second-order valence-corrected chi connectivity index (χ2v) is 31.5. The maximum atomic E-state index is 16.6. The van der Waals surface area contributed by atoms with Crippen molar-refractivity contribution in [3.8, 4) is 57.1 Å². The molecule has 8 aliphatic rings. The van der Waals surface area contributed by atoms with Gasteiger partial charge in [-0.1, -0.05) is 80.0 Å². The second-order valence-electron chi connectivity index (χ2n) is 31.1. The summed E-state index contributed by atoms with van der Waals surface area (Å²) in [6, 6.07) is 11.0. The molecule has 21 atom stereocenters. The molecular weight excluding hydrogens is 1550 g/mol. The average Bonchev–Trinajstić information content (AvgIpc) is 0.759. The normalized spacial score (nSPS) is 30.9. The summed E-state index contributed by atoms with van der Waals surface area (Å²) in [6.07, 6.45) is -19.5. The largest absolute Gasteiger partial charge is 0.508 e. The molecule has 8 aliphatic heterocycles. The van der Waals surface area contributed by atoms with Gasteiger partial charge in [0.1, 0.15) is 89.4 Å². The van der Waals surface area contributed by atoms with E-state index < -0.39 is 239 Å². The van der Waals surface area contributed by atoms with Crippen LogP contribution in [0.25, 0.3) is 11.1 Å². The third kappa shape index (κ3) is 18.9. The molecule has 0 aliphatic carbocycles. The number of amides is 8. The van der Waals surface area contributed by atoms with E-state index in [0.29, 0.717) is 5.56 Å². The fraction of sp³-hybridized carbons (Fsp3) is 0.450. The molecule has 8 amide bonds. The van der Waals surface area contributed by atoms with E-state index in [4.69, 9.17) is 66.7 Å². The standard InChI is InChI=1S/C80H96ClN11O25/c1-34(2)21-47(85-7)71(103)91-63-65(99)40-16-20-52(46(81)23-40)113-54-25-41-24-53(68(54)117-80(29-51(97)66(100)55(33-93)115-80)116-58-31-79(6,84)70(102)36(4)111-58)112-43-17-13-38(14-18-43)67(114-57-30-78(5,83)69(101)35(3)110-57)64-77(109)90-62(73(105)86-32-37-11-9-8-10-12-37)45-26-42(94)27-50(96)59(45)44-22-39(15-19-49(44)95)60(74(106)92-64)89-75(107)61(41)88-72(104)48(28-56(82)98)87-76(63)108/h8-20,22-27,34-36,47-48,51,55,57-58,60-67,69-70,85,93-97,99-102H,21,28-33,83-84H2,1-7H3,(H2,82,98)(H,86,105)(H,87,108)(H,88,104)(H,89,107)(H,90,109)(H,91,103)(H,92,106)/t35-,36-,47-,48+,51-,55-,57-,58-,60-,61-,62+,63-,64+,65-,66+,67-,69-,70-,78?,79?,80+/m1/s1.